The second kappa shape index (κ2) is 7.65. The fraction of sp³-hybridized carbons (Fsp3) is 0.150. The average Bonchev–Trinajstić information content (AvgIpc) is 2.66. The number of amides is 1. The number of carbonyl (C=O) groups is 1. The van der Waals surface area contributed by atoms with E-state index in [1.54, 1.807) is 19.2 Å². The molecule has 0 atom stereocenters. The van der Waals surface area contributed by atoms with Crippen molar-refractivity contribution in [2.75, 3.05) is 17.7 Å². The molecule has 3 aromatic rings. The molecule has 0 aliphatic heterocycles. The maximum absolute atomic E-state index is 12.3. The number of methoxy groups -OCH3 is 1. The highest BCUT2D eigenvalue weighted by Gasteiger charge is 2.09. The number of carbonyl (C=O) groups excluding carboxylic acids is 1. The van der Waals surface area contributed by atoms with Crippen LogP contribution in [0.4, 0.5) is 17.3 Å². The Hall–Kier alpha value is -3.41. The number of hydrogen-bond donors (Lipinski definition) is 2. The summed E-state index contributed by atoms with van der Waals surface area (Å²) in [6.45, 7) is 4.08. The molecule has 0 saturated carbocycles. The minimum absolute atomic E-state index is 0.281. The number of aromatic nitrogens is 2. The molecule has 1 heterocycles. The van der Waals surface area contributed by atoms with Gasteiger partial charge in [-0.05, 0) is 43.2 Å². The summed E-state index contributed by atoms with van der Waals surface area (Å²) in [4.78, 5) is 20.8. The van der Waals surface area contributed by atoms with Gasteiger partial charge in [0, 0.05) is 29.8 Å². The third-order valence-electron chi connectivity index (χ3n) is 4.09. The van der Waals surface area contributed by atoms with Crippen LogP contribution >= 0.6 is 0 Å². The first-order valence-electron chi connectivity index (χ1n) is 8.17. The zero-order valence-electron chi connectivity index (χ0n) is 14.9. The lowest BCUT2D eigenvalue weighted by Gasteiger charge is -2.10. The largest absolute Gasteiger partial charge is 0.497 e. The molecule has 2 N–H and O–H groups in total. The van der Waals surface area contributed by atoms with Crippen molar-refractivity contribution in [2.24, 2.45) is 0 Å². The number of benzene rings is 2. The summed E-state index contributed by atoms with van der Waals surface area (Å²) >= 11 is 0. The Morgan fingerprint density at radius 1 is 1.04 bits per heavy atom. The van der Waals surface area contributed by atoms with E-state index in [0.29, 0.717) is 22.9 Å². The highest BCUT2D eigenvalue weighted by Crippen LogP contribution is 2.21. The van der Waals surface area contributed by atoms with Gasteiger partial charge in [-0.25, -0.2) is 9.97 Å². The van der Waals surface area contributed by atoms with E-state index in [4.69, 9.17) is 4.74 Å². The molecule has 1 aromatic heterocycles. The first-order valence-corrected chi connectivity index (χ1v) is 8.17. The van der Waals surface area contributed by atoms with E-state index >= 15 is 0 Å². The third kappa shape index (κ3) is 3.97. The van der Waals surface area contributed by atoms with Crippen LogP contribution in [-0.2, 0) is 0 Å². The number of ether oxygens (including phenoxy) is 1. The topological polar surface area (TPSA) is 76.1 Å². The van der Waals surface area contributed by atoms with Crippen LogP contribution in [0.25, 0.3) is 0 Å². The van der Waals surface area contributed by atoms with Crippen molar-refractivity contribution in [3.63, 3.8) is 0 Å². The molecule has 1 amide bonds. The van der Waals surface area contributed by atoms with E-state index in [1.165, 1.54) is 18.0 Å². The third-order valence-corrected chi connectivity index (χ3v) is 4.09. The van der Waals surface area contributed by atoms with Gasteiger partial charge in [0.25, 0.3) is 5.91 Å². The van der Waals surface area contributed by atoms with Gasteiger partial charge < -0.3 is 15.4 Å². The molecule has 3 rings (SSSR count). The summed E-state index contributed by atoms with van der Waals surface area (Å²) in [6.07, 6.45) is 2.99. The van der Waals surface area contributed by atoms with Crippen LogP contribution in [0, 0.1) is 13.8 Å². The van der Waals surface area contributed by atoms with Gasteiger partial charge >= 0.3 is 0 Å². The zero-order valence-corrected chi connectivity index (χ0v) is 14.9. The maximum Gasteiger partial charge on any atom is 0.258 e. The lowest BCUT2D eigenvalue weighted by molar-refractivity contribution is 0.102. The predicted molar refractivity (Wildman–Crippen MR) is 102 cm³/mol. The maximum atomic E-state index is 12.3. The Labute approximate surface area is 152 Å². The quantitative estimate of drug-likeness (QED) is 0.726. The normalized spacial score (nSPS) is 10.3. The van der Waals surface area contributed by atoms with Crippen LogP contribution in [-0.4, -0.2) is 23.0 Å². The van der Waals surface area contributed by atoms with E-state index in [2.05, 4.69) is 20.6 Å². The summed E-state index contributed by atoms with van der Waals surface area (Å²) in [5, 5.41) is 5.97. The van der Waals surface area contributed by atoms with Gasteiger partial charge in [0.1, 0.15) is 5.75 Å². The molecule has 6 nitrogen and oxygen atoms in total. The fourth-order valence-corrected chi connectivity index (χ4v) is 2.42. The van der Waals surface area contributed by atoms with Crippen molar-refractivity contribution >= 4 is 23.2 Å². The highest BCUT2D eigenvalue weighted by molar-refractivity contribution is 6.04. The SMILES string of the molecule is COc1cccc(NC(=O)c2cnc(Nc3cccc(C)c3C)nc2)c1. The summed E-state index contributed by atoms with van der Waals surface area (Å²) in [7, 11) is 1.58. The fourth-order valence-electron chi connectivity index (χ4n) is 2.42. The molecular formula is C20H20N4O2. The van der Waals surface area contributed by atoms with Gasteiger partial charge in [0.2, 0.25) is 5.95 Å². The summed E-state index contributed by atoms with van der Waals surface area (Å²) in [5.74, 6) is 0.834. The Kier molecular flexibility index (Phi) is 5.12. The van der Waals surface area contributed by atoms with Crippen molar-refractivity contribution in [3.8, 4) is 5.75 Å². The summed E-state index contributed by atoms with van der Waals surface area (Å²) < 4.78 is 5.15. The van der Waals surface area contributed by atoms with Crippen molar-refractivity contribution in [1.82, 2.24) is 9.97 Å². The van der Waals surface area contributed by atoms with Crippen LogP contribution in [0.1, 0.15) is 21.5 Å². The van der Waals surface area contributed by atoms with Crippen LogP contribution in [0.2, 0.25) is 0 Å². The Bertz CT molecular complexity index is 923. The molecular weight excluding hydrogens is 328 g/mol. The zero-order chi connectivity index (χ0) is 18.5. The van der Waals surface area contributed by atoms with Crippen LogP contribution in [0.5, 0.6) is 5.75 Å². The van der Waals surface area contributed by atoms with Gasteiger partial charge in [-0.2, -0.15) is 0 Å². The molecule has 0 saturated heterocycles. The number of nitrogens with one attached hydrogen (secondary N) is 2. The minimum atomic E-state index is -0.281. The summed E-state index contributed by atoms with van der Waals surface area (Å²) in [6, 6.07) is 13.1. The number of hydrogen-bond acceptors (Lipinski definition) is 5. The summed E-state index contributed by atoms with van der Waals surface area (Å²) in [5.41, 5.74) is 4.28. The molecule has 6 heteroatoms. The van der Waals surface area contributed by atoms with Crippen LogP contribution < -0.4 is 15.4 Å². The Morgan fingerprint density at radius 2 is 1.77 bits per heavy atom. The standard InChI is InChI=1S/C20H20N4O2/c1-13-6-4-9-18(14(13)2)24-20-21-11-15(12-22-20)19(25)23-16-7-5-8-17(10-16)26-3/h4-12H,1-3H3,(H,23,25)(H,21,22,24). The van der Waals surface area contributed by atoms with E-state index in [9.17, 15) is 4.79 Å². The number of anilines is 3. The molecule has 2 aromatic carbocycles. The first kappa shape index (κ1) is 17.4. The van der Waals surface area contributed by atoms with Crippen molar-refractivity contribution in [2.45, 2.75) is 13.8 Å². The smallest absolute Gasteiger partial charge is 0.258 e. The molecule has 0 fully saturated rings. The molecule has 0 unspecified atom stereocenters. The van der Waals surface area contributed by atoms with E-state index in [-0.39, 0.29) is 5.91 Å². The molecule has 0 aliphatic rings. The van der Waals surface area contributed by atoms with Gasteiger partial charge in [-0.1, -0.05) is 18.2 Å². The van der Waals surface area contributed by atoms with Gasteiger partial charge in [0.05, 0.1) is 12.7 Å². The first-order chi connectivity index (χ1) is 12.6. The molecule has 132 valence electrons. The van der Waals surface area contributed by atoms with Crippen LogP contribution in [0.3, 0.4) is 0 Å². The number of aryl methyl sites for hydroxylation is 1. The lowest BCUT2D eigenvalue weighted by Crippen LogP contribution is -2.13. The molecule has 26 heavy (non-hydrogen) atoms. The van der Waals surface area contributed by atoms with Gasteiger partial charge in [0.15, 0.2) is 0 Å². The molecule has 0 spiro atoms. The molecule has 0 bridgehead atoms. The van der Waals surface area contributed by atoms with Gasteiger partial charge in [-0.3, -0.25) is 4.79 Å². The second-order valence-electron chi connectivity index (χ2n) is 5.85. The number of rotatable bonds is 5. The number of nitrogens with zero attached hydrogens (tertiary/aromatic N) is 2. The van der Waals surface area contributed by atoms with Crippen molar-refractivity contribution in [3.05, 3.63) is 71.5 Å². The Morgan fingerprint density at radius 3 is 2.50 bits per heavy atom. The van der Waals surface area contributed by atoms with Crippen molar-refractivity contribution in [1.29, 1.82) is 0 Å². The van der Waals surface area contributed by atoms with Crippen LogP contribution in [0.15, 0.2) is 54.9 Å². The monoisotopic (exact) mass is 348 g/mol. The van der Waals surface area contributed by atoms with Crippen molar-refractivity contribution < 1.29 is 9.53 Å². The van der Waals surface area contributed by atoms with E-state index in [1.807, 2.05) is 44.2 Å². The van der Waals surface area contributed by atoms with E-state index < -0.39 is 0 Å². The lowest BCUT2D eigenvalue weighted by atomic mass is 10.1. The highest BCUT2D eigenvalue weighted by atomic mass is 16.5. The second-order valence-corrected chi connectivity index (χ2v) is 5.85. The van der Waals surface area contributed by atoms with E-state index in [0.717, 1.165) is 11.3 Å². The molecule has 0 aliphatic carbocycles. The van der Waals surface area contributed by atoms with Gasteiger partial charge in [-0.15, -0.1) is 0 Å². The average molecular weight is 348 g/mol. The predicted octanol–water partition coefficient (Wildman–Crippen LogP) is 4.10. The Balaban J connectivity index is 1.70. The molecule has 0 radical (unpaired) electrons. The minimum Gasteiger partial charge on any atom is -0.497 e.